The first-order chi connectivity index (χ1) is 7.77. The normalized spacial score (nSPS) is 20.2. The molecule has 1 rings (SSSR count). The first-order valence-corrected chi connectivity index (χ1v) is 5.82. The van der Waals surface area contributed by atoms with E-state index in [1.807, 2.05) is 0 Å². The van der Waals surface area contributed by atoms with Gasteiger partial charge in [0.1, 0.15) is 0 Å². The maximum Gasteiger partial charge on any atom is 0.171 e. The van der Waals surface area contributed by atoms with Crippen LogP contribution in [0, 0.1) is 0 Å². The Morgan fingerprint density at radius 2 is 1.88 bits per heavy atom. The van der Waals surface area contributed by atoms with Gasteiger partial charge in [0.15, 0.2) is 12.6 Å². The van der Waals surface area contributed by atoms with Gasteiger partial charge in [-0.05, 0) is 25.7 Å². The van der Waals surface area contributed by atoms with Gasteiger partial charge in [0.25, 0.3) is 0 Å². The summed E-state index contributed by atoms with van der Waals surface area (Å²) in [5.41, 5.74) is 5.92. The molecule has 1 heterocycles. The van der Waals surface area contributed by atoms with Crippen LogP contribution in [0.25, 0.3) is 0 Å². The lowest BCUT2D eigenvalue weighted by Gasteiger charge is -2.24. The molecule has 1 fully saturated rings. The molecule has 1 aliphatic heterocycles. The number of hydrogen-bond acceptors (Lipinski definition) is 5. The Morgan fingerprint density at radius 1 is 1.25 bits per heavy atom. The summed E-state index contributed by atoms with van der Waals surface area (Å²) in [6.45, 7) is 1.60. The van der Waals surface area contributed by atoms with Crippen LogP contribution in [0.4, 0.5) is 0 Å². The molecule has 0 aromatic heterocycles. The average Bonchev–Trinajstić information content (AvgIpc) is 2.32. The summed E-state index contributed by atoms with van der Waals surface area (Å²) in [6.07, 6.45) is 3.29. The van der Waals surface area contributed by atoms with Gasteiger partial charge in [-0.15, -0.1) is 0 Å². The van der Waals surface area contributed by atoms with Gasteiger partial charge in [0.2, 0.25) is 0 Å². The summed E-state index contributed by atoms with van der Waals surface area (Å²) in [6, 6.07) is -0.0985. The van der Waals surface area contributed by atoms with Crippen LogP contribution in [0.15, 0.2) is 0 Å². The molecule has 96 valence electrons. The van der Waals surface area contributed by atoms with Crippen molar-refractivity contribution in [1.82, 2.24) is 0 Å². The van der Waals surface area contributed by atoms with Crippen molar-refractivity contribution in [3.63, 3.8) is 0 Å². The van der Waals surface area contributed by atoms with Gasteiger partial charge in [-0.2, -0.15) is 0 Å². The van der Waals surface area contributed by atoms with Gasteiger partial charge in [0.05, 0.1) is 19.3 Å². The van der Waals surface area contributed by atoms with E-state index in [4.69, 9.17) is 24.7 Å². The molecule has 0 aromatic rings. The molecule has 1 unspecified atom stereocenters. The zero-order valence-electron chi connectivity index (χ0n) is 10.2. The van der Waals surface area contributed by atoms with Crippen LogP contribution in [0.3, 0.4) is 0 Å². The third kappa shape index (κ3) is 4.76. The van der Waals surface area contributed by atoms with Crippen molar-refractivity contribution in [1.29, 1.82) is 0 Å². The van der Waals surface area contributed by atoms with Crippen molar-refractivity contribution in [3.05, 3.63) is 0 Å². The van der Waals surface area contributed by atoms with Crippen LogP contribution in [-0.2, 0) is 18.9 Å². The number of methoxy groups -OCH3 is 2. The maximum atomic E-state index is 5.92. The Balaban J connectivity index is 2.09. The summed E-state index contributed by atoms with van der Waals surface area (Å²) in [4.78, 5) is 0. The lowest BCUT2D eigenvalue weighted by molar-refractivity contribution is -0.182. The van der Waals surface area contributed by atoms with Crippen LogP contribution in [0.5, 0.6) is 0 Å². The van der Waals surface area contributed by atoms with Gasteiger partial charge in [-0.1, -0.05) is 0 Å². The Bertz CT molecular complexity index is 169. The molecule has 0 bridgehead atoms. The van der Waals surface area contributed by atoms with E-state index in [1.54, 1.807) is 14.2 Å². The van der Waals surface area contributed by atoms with E-state index in [-0.39, 0.29) is 18.6 Å². The highest BCUT2D eigenvalue weighted by Gasteiger charge is 2.18. The second-order valence-corrected chi connectivity index (χ2v) is 3.96. The van der Waals surface area contributed by atoms with E-state index >= 15 is 0 Å². The second-order valence-electron chi connectivity index (χ2n) is 3.96. The summed E-state index contributed by atoms with van der Waals surface area (Å²) >= 11 is 0. The van der Waals surface area contributed by atoms with Gasteiger partial charge < -0.3 is 24.7 Å². The molecule has 0 radical (unpaired) electrons. The smallest absolute Gasteiger partial charge is 0.171 e. The highest BCUT2D eigenvalue weighted by molar-refractivity contribution is 4.66. The van der Waals surface area contributed by atoms with Crippen LogP contribution >= 0.6 is 0 Å². The SMILES string of the molecule is COC(OC)C(N)CCCC1OCCCO1. The van der Waals surface area contributed by atoms with Crippen molar-refractivity contribution >= 4 is 0 Å². The van der Waals surface area contributed by atoms with Crippen LogP contribution in [-0.4, -0.2) is 46.1 Å². The Kier molecular flexibility index (Phi) is 6.91. The molecule has 1 atom stereocenters. The molecule has 1 saturated heterocycles. The molecule has 1 aliphatic rings. The lowest BCUT2D eigenvalue weighted by atomic mass is 10.1. The Labute approximate surface area is 97.2 Å². The quantitative estimate of drug-likeness (QED) is 0.661. The van der Waals surface area contributed by atoms with Gasteiger partial charge in [0, 0.05) is 14.2 Å². The largest absolute Gasteiger partial charge is 0.354 e. The average molecular weight is 233 g/mol. The molecule has 0 saturated carbocycles. The fraction of sp³-hybridized carbons (Fsp3) is 1.00. The third-order valence-corrected chi connectivity index (χ3v) is 2.69. The third-order valence-electron chi connectivity index (χ3n) is 2.69. The topological polar surface area (TPSA) is 62.9 Å². The number of hydrogen-bond donors (Lipinski definition) is 1. The standard InChI is InChI=1S/C11H23NO4/c1-13-11(14-2)9(12)5-3-6-10-15-7-4-8-16-10/h9-11H,3-8,12H2,1-2H3. The molecular formula is C11H23NO4. The summed E-state index contributed by atoms with van der Waals surface area (Å²) in [7, 11) is 3.20. The molecule has 2 N–H and O–H groups in total. The number of ether oxygens (including phenoxy) is 4. The van der Waals surface area contributed by atoms with E-state index in [1.165, 1.54) is 0 Å². The fourth-order valence-electron chi connectivity index (χ4n) is 1.81. The van der Waals surface area contributed by atoms with E-state index in [9.17, 15) is 0 Å². The maximum absolute atomic E-state index is 5.92. The summed E-state index contributed by atoms with van der Waals surface area (Å²) in [5.74, 6) is 0. The minimum atomic E-state index is -0.326. The van der Waals surface area contributed by atoms with Crippen LogP contribution < -0.4 is 5.73 Å². The predicted molar refractivity (Wildman–Crippen MR) is 59.9 cm³/mol. The number of rotatable bonds is 7. The Morgan fingerprint density at radius 3 is 2.44 bits per heavy atom. The van der Waals surface area contributed by atoms with Gasteiger partial charge >= 0.3 is 0 Å². The van der Waals surface area contributed by atoms with E-state index in [0.29, 0.717) is 0 Å². The van der Waals surface area contributed by atoms with Crippen molar-refractivity contribution in [2.45, 2.75) is 44.3 Å². The minimum Gasteiger partial charge on any atom is -0.354 e. The lowest BCUT2D eigenvalue weighted by Crippen LogP contribution is -2.37. The first-order valence-electron chi connectivity index (χ1n) is 5.82. The van der Waals surface area contributed by atoms with E-state index in [0.717, 1.165) is 38.9 Å². The van der Waals surface area contributed by atoms with Crippen LogP contribution in [0.2, 0.25) is 0 Å². The van der Waals surface area contributed by atoms with Crippen molar-refractivity contribution < 1.29 is 18.9 Å². The van der Waals surface area contributed by atoms with Crippen LogP contribution in [0.1, 0.15) is 25.7 Å². The van der Waals surface area contributed by atoms with Crippen molar-refractivity contribution in [3.8, 4) is 0 Å². The van der Waals surface area contributed by atoms with E-state index < -0.39 is 0 Å². The molecule has 0 aromatic carbocycles. The molecular weight excluding hydrogens is 210 g/mol. The summed E-state index contributed by atoms with van der Waals surface area (Å²) < 4.78 is 21.1. The highest BCUT2D eigenvalue weighted by atomic mass is 16.7. The Hall–Kier alpha value is -0.200. The van der Waals surface area contributed by atoms with Crippen molar-refractivity contribution in [2.24, 2.45) is 5.73 Å². The van der Waals surface area contributed by atoms with E-state index in [2.05, 4.69) is 0 Å². The minimum absolute atomic E-state index is 0.0514. The molecule has 0 amide bonds. The molecule has 0 aliphatic carbocycles. The predicted octanol–water partition coefficient (Wildman–Crippen LogP) is 0.866. The first kappa shape index (κ1) is 13.9. The highest BCUT2D eigenvalue weighted by Crippen LogP contribution is 2.13. The zero-order valence-corrected chi connectivity index (χ0v) is 10.2. The molecule has 5 heteroatoms. The molecule has 5 nitrogen and oxygen atoms in total. The fourth-order valence-corrected chi connectivity index (χ4v) is 1.81. The second kappa shape index (κ2) is 7.97. The molecule has 0 spiro atoms. The van der Waals surface area contributed by atoms with Gasteiger partial charge in [-0.3, -0.25) is 0 Å². The summed E-state index contributed by atoms with van der Waals surface area (Å²) in [5, 5.41) is 0. The van der Waals surface area contributed by atoms with Crippen molar-refractivity contribution in [2.75, 3.05) is 27.4 Å². The molecule has 16 heavy (non-hydrogen) atoms. The zero-order chi connectivity index (χ0) is 11.8. The van der Waals surface area contributed by atoms with Gasteiger partial charge in [-0.25, -0.2) is 0 Å². The number of nitrogens with two attached hydrogens (primary N) is 1. The monoisotopic (exact) mass is 233 g/mol.